The van der Waals surface area contributed by atoms with Crippen molar-refractivity contribution in [3.63, 3.8) is 0 Å². The minimum absolute atomic E-state index is 0.143. The third-order valence-electron chi connectivity index (χ3n) is 3.68. The van der Waals surface area contributed by atoms with E-state index in [0.717, 1.165) is 25.8 Å². The fraction of sp³-hybridized carbons (Fsp3) is 0.667. The van der Waals surface area contributed by atoms with E-state index in [4.69, 9.17) is 0 Å². The summed E-state index contributed by atoms with van der Waals surface area (Å²) in [6.45, 7) is 1.29. The highest BCUT2D eigenvalue weighted by Gasteiger charge is 2.14. The van der Waals surface area contributed by atoms with Crippen LogP contribution in [0.25, 0.3) is 0 Å². The monoisotopic (exact) mass is 358 g/mol. The predicted octanol–water partition coefficient (Wildman–Crippen LogP) is 3.48. The van der Waals surface area contributed by atoms with Gasteiger partial charge in [0.1, 0.15) is 0 Å². The Hall–Kier alpha value is -0.390. The van der Waals surface area contributed by atoms with E-state index in [1.807, 2.05) is 0 Å². The Morgan fingerprint density at radius 1 is 1.25 bits per heavy atom. The van der Waals surface area contributed by atoms with Gasteiger partial charge in [0, 0.05) is 17.5 Å². The zero-order valence-electron chi connectivity index (χ0n) is 11.8. The second-order valence-corrected chi connectivity index (χ2v) is 7.94. The number of carbonyl (C=O) groups excluding carboxylic acids is 1. The summed E-state index contributed by atoms with van der Waals surface area (Å²) in [6, 6.07) is 4.60. The van der Waals surface area contributed by atoms with Gasteiger partial charge in [-0.1, -0.05) is 25.7 Å². The van der Waals surface area contributed by atoms with Crippen LogP contribution in [0.15, 0.2) is 15.9 Å². The van der Waals surface area contributed by atoms with Gasteiger partial charge in [-0.05, 0) is 47.3 Å². The zero-order valence-corrected chi connectivity index (χ0v) is 14.2. The molecular formula is C15H23BrN2OS. The molecule has 1 amide bonds. The van der Waals surface area contributed by atoms with Crippen LogP contribution < -0.4 is 10.6 Å². The molecule has 1 aliphatic carbocycles. The second kappa shape index (κ2) is 8.80. The Kier molecular flexibility index (Phi) is 7.03. The molecule has 0 atom stereocenters. The standard InChI is InChI=1S/C15H23BrN2OS/c16-14-8-7-13(20-14)9-10-17-11-15(19)18-12-5-3-1-2-4-6-12/h7-8,12,17H,1-6,9-11H2,(H,18,19). The first-order valence-electron chi connectivity index (χ1n) is 7.48. The van der Waals surface area contributed by atoms with E-state index in [0.29, 0.717) is 12.6 Å². The number of hydrogen-bond donors (Lipinski definition) is 2. The molecule has 0 aromatic carbocycles. The first-order valence-corrected chi connectivity index (χ1v) is 9.09. The molecule has 0 bridgehead atoms. The third-order valence-corrected chi connectivity index (χ3v) is 5.37. The number of hydrogen-bond acceptors (Lipinski definition) is 3. The number of nitrogens with one attached hydrogen (secondary N) is 2. The third kappa shape index (κ3) is 5.94. The first-order chi connectivity index (χ1) is 9.74. The quantitative estimate of drug-likeness (QED) is 0.603. The van der Waals surface area contributed by atoms with Gasteiger partial charge in [0.2, 0.25) is 5.91 Å². The molecule has 2 rings (SSSR count). The molecule has 5 heteroatoms. The molecular weight excluding hydrogens is 336 g/mol. The van der Waals surface area contributed by atoms with Crippen LogP contribution in [0, 0.1) is 0 Å². The number of rotatable bonds is 6. The Bertz CT molecular complexity index is 414. The molecule has 1 fully saturated rings. The molecule has 2 N–H and O–H groups in total. The molecule has 1 heterocycles. The maximum atomic E-state index is 11.9. The van der Waals surface area contributed by atoms with Gasteiger partial charge in [0.15, 0.2) is 0 Å². The van der Waals surface area contributed by atoms with Gasteiger partial charge in [-0.2, -0.15) is 0 Å². The molecule has 1 aliphatic rings. The highest BCUT2D eigenvalue weighted by molar-refractivity contribution is 9.11. The molecule has 1 aromatic rings. The number of carbonyl (C=O) groups is 1. The van der Waals surface area contributed by atoms with Crippen molar-refractivity contribution < 1.29 is 4.79 Å². The summed E-state index contributed by atoms with van der Waals surface area (Å²) >= 11 is 5.21. The Labute approximate surface area is 133 Å². The highest BCUT2D eigenvalue weighted by Crippen LogP contribution is 2.22. The maximum Gasteiger partial charge on any atom is 0.234 e. The van der Waals surface area contributed by atoms with Crippen molar-refractivity contribution in [1.29, 1.82) is 0 Å². The topological polar surface area (TPSA) is 41.1 Å². The zero-order chi connectivity index (χ0) is 14.2. The smallest absolute Gasteiger partial charge is 0.234 e. The summed E-state index contributed by atoms with van der Waals surface area (Å²) in [7, 11) is 0. The van der Waals surface area contributed by atoms with Gasteiger partial charge < -0.3 is 10.6 Å². The molecule has 0 radical (unpaired) electrons. The van der Waals surface area contributed by atoms with Gasteiger partial charge in [-0.15, -0.1) is 11.3 Å². The van der Waals surface area contributed by atoms with E-state index in [9.17, 15) is 4.79 Å². The van der Waals surface area contributed by atoms with Gasteiger partial charge in [0.25, 0.3) is 0 Å². The Morgan fingerprint density at radius 2 is 2.00 bits per heavy atom. The van der Waals surface area contributed by atoms with Gasteiger partial charge >= 0.3 is 0 Å². The lowest BCUT2D eigenvalue weighted by atomic mass is 10.1. The predicted molar refractivity (Wildman–Crippen MR) is 88.2 cm³/mol. The SMILES string of the molecule is O=C(CNCCc1ccc(Br)s1)NC1CCCCCC1. The summed E-state index contributed by atoms with van der Waals surface area (Å²) in [5.41, 5.74) is 0. The van der Waals surface area contributed by atoms with E-state index in [2.05, 4.69) is 38.7 Å². The van der Waals surface area contributed by atoms with Crippen molar-refractivity contribution in [2.24, 2.45) is 0 Å². The molecule has 20 heavy (non-hydrogen) atoms. The van der Waals surface area contributed by atoms with Crippen LogP contribution in [-0.4, -0.2) is 25.0 Å². The molecule has 0 unspecified atom stereocenters. The summed E-state index contributed by atoms with van der Waals surface area (Å²) in [4.78, 5) is 13.2. The number of thiophene rings is 1. The van der Waals surface area contributed by atoms with E-state index < -0.39 is 0 Å². The van der Waals surface area contributed by atoms with Gasteiger partial charge in [-0.3, -0.25) is 4.79 Å². The first kappa shape index (κ1) is 16.0. The van der Waals surface area contributed by atoms with Crippen LogP contribution in [0.1, 0.15) is 43.4 Å². The lowest BCUT2D eigenvalue weighted by Crippen LogP contribution is -2.40. The minimum atomic E-state index is 0.143. The fourth-order valence-electron chi connectivity index (χ4n) is 2.60. The highest BCUT2D eigenvalue weighted by atomic mass is 79.9. The molecule has 1 aromatic heterocycles. The van der Waals surface area contributed by atoms with E-state index in [-0.39, 0.29) is 5.91 Å². The van der Waals surface area contributed by atoms with Crippen LogP contribution in [0.4, 0.5) is 0 Å². The van der Waals surface area contributed by atoms with Crippen LogP contribution in [0.2, 0.25) is 0 Å². The van der Waals surface area contributed by atoms with Gasteiger partial charge in [-0.25, -0.2) is 0 Å². The normalized spacial score (nSPS) is 16.9. The number of amides is 1. The average Bonchev–Trinajstić information content (AvgIpc) is 2.68. The van der Waals surface area contributed by atoms with Crippen molar-refractivity contribution in [3.8, 4) is 0 Å². The fourth-order valence-corrected chi connectivity index (χ4v) is 4.08. The van der Waals surface area contributed by atoms with Crippen LogP contribution in [-0.2, 0) is 11.2 Å². The van der Waals surface area contributed by atoms with Crippen molar-refractivity contribution in [2.45, 2.75) is 51.0 Å². The molecule has 0 aliphatic heterocycles. The van der Waals surface area contributed by atoms with E-state index >= 15 is 0 Å². The molecule has 112 valence electrons. The van der Waals surface area contributed by atoms with Gasteiger partial charge in [0.05, 0.1) is 10.3 Å². The molecule has 3 nitrogen and oxygen atoms in total. The second-order valence-electron chi connectivity index (χ2n) is 5.39. The van der Waals surface area contributed by atoms with Crippen LogP contribution in [0.5, 0.6) is 0 Å². The summed E-state index contributed by atoms with van der Waals surface area (Å²) in [5, 5.41) is 6.38. The lowest BCUT2D eigenvalue weighted by molar-refractivity contribution is -0.121. The summed E-state index contributed by atoms with van der Waals surface area (Å²) < 4.78 is 1.17. The Balaban J connectivity index is 1.57. The molecule has 1 saturated carbocycles. The van der Waals surface area contributed by atoms with Crippen molar-refractivity contribution in [2.75, 3.05) is 13.1 Å². The minimum Gasteiger partial charge on any atom is -0.352 e. The Morgan fingerprint density at radius 3 is 2.65 bits per heavy atom. The van der Waals surface area contributed by atoms with Crippen molar-refractivity contribution in [3.05, 3.63) is 20.8 Å². The summed E-state index contributed by atoms with van der Waals surface area (Å²) in [5.74, 6) is 0.143. The van der Waals surface area contributed by atoms with Crippen molar-refractivity contribution >= 4 is 33.2 Å². The van der Waals surface area contributed by atoms with Crippen LogP contribution >= 0.6 is 27.3 Å². The lowest BCUT2D eigenvalue weighted by Gasteiger charge is -2.16. The molecule has 0 saturated heterocycles. The number of halogens is 1. The average molecular weight is 359 g/mol. The maximum absolute atomic E-state index is 11.9. The van der Waals surface area contributed by atoms with Crippen molar-refractivity contribution in [1.82, 2.24) is 10.6 Å². The largest absolute Gasteiger partial charge is 0.352 e. The van der Waals surface area contributed by atoms with Crippen LogP contribution in [0.3, 0.4) is 0 Å². The van der Waals surface area contributed by atoms with E-state index in [1.54, 1.807) is 11.3 Å². The summed E-state index contributed by atoms with van der Waals surface area (Å²) in [6.07, 6.45) is 8.43. The molecule has 0 spiro atoms. The van der Waals surface area contributed by atoms with E-state index in [1.165, 1.54) is 34.3 Å².